The number of carboxylic acid groups (broad SMARTS) is 1. The third kappa shape index (κ3) is 2.27. The van der Waals surface area contributed by atoms with Crippen LogP contribution in [0.15, 0.2) is 18.2 Å². The number of rotatable bonds is 4. The molecule has 1 fully saturated rings. The van der Waals surface area contributed by atoms with Crippen molar-refractivity contribution in [2.24, 2.45) is 5.92 Å². The number of nitrogens with one attached hydrogen (secondary N) is 1. The zero-order valence-corrected chi connectivity index (χ0v) is 9.17. The number of para-hydroxylation sites is 1. The third-order valence-electron chi connectivity index (χ3n) is 2.62. The van der Waals surface area contributed by atoms with Crippen molar-refractivity contribution in [1.29, 1.82) is 0 Å². The Kier molecular flexibility index (Phi) is 3.01. The van der Waals surface area contributed by atoms with E-state index in [1.807, 2.05) is 0 Å². The first-order valence-electron chi connectivity index (χ1n) is 5.03. The monoisotopic (exact) mass is 243 g/mol. The maximum atomic E-state index is 13.4. The molecule has 0 spiro atoms. The van der Waals surface area contributed by atoms with E-state index in [1.165, 1.54) is 18.2 Å². The Balaban J connectivity index is 2.21. The van der Waals surface area contributed by atoms with Crippen molar-refractivity contribution in [3.8, 4) is 0 Å². The minimum absolute atomic E-state index is 0.0727. The SMILES string of the molecule is O=C(O)C(Nc1c(F)cccc1Cl)C1CC1. The van der Waals surface area contributed by atoms with Crippen LogP contribution in [0.3, 0.4) is 0 Å². The molecule has 3 nitrogen and oxygen atoms in total. The first-order chi connectivity index (χ1) is 7.59. The van der Waals surface area contributed by atoms with Gasteiger partial charge in [0.15, 0.2) is 0 Å². The van der Waals surface area contributed by atoms with Gasteiger partial charge in [-0.1, -0.05) is 17.7 Å². The first-order valence-corrected chi connectivity index (χ1v) is 5.40. The van der Waals surface area contributed by atoms with E-state index >= 15 is 0 Å². The van der Waals surface area contributed by atoms with Gasteiger partial charge in [0.25, 0.3) is 0 Å². The fraction of sp³-hybridized carbons (Fsp3) is 0.364. The molecule has 0 aliphatic heterocycles. The van der Waals surface area contributed by atoms with Gasteiger partial charge >= 0.3 is 5.97 Å². The molecule has 0 heterocycles. The van der Waals surface area contributed by atoms with Crippen LogP contribution in [0.5, 0.6) is 0 Å². The number of aliphatic carboxylic acids is 1. The zero-order chi connectivity index (χ0) is 11.7. The molecule has 1 atom stereocenters. The highest BCUT2D eigenvalue weighted by Gasteiger charge is 2.36. The first kappa shape index (κ1) is 11.2. The summed E-state index contributed by atoms with van der Waals surface area (Å²) < 4.78 is 13.4. The molecule has 2 N–H and O–H groups in total. The maximum absolute atomic E-state index is 13.4. The summed E-state index contributed by atoms with van der Waals surface area (Å²) in [6, 6.07) is 3.50. The molecule has 86 valence electrons. The van der Waals surface area contributed by atoms with E-state index in [0.29, 0.717) is 0 Å². The summed E-state index contributed by atoms with van der Waals surface area (Å²) >= 11 is 5.81. The summed E-state index contributed by atoms with van der Waals surface area (Å²) in [7, 11) is 0. The maximum Gasteiger partial charge on any atom is 0.326 e. The summed E-state index contributed by atoms with van der Waals surface area (Å²) in [5.41, 5.74) is 0.0727. The number of hydrogen-bond donors (Lipinski definition) is 2. The Morgan fingerprint density at radius 3 is 2.75 bits per heavy atom. The third-order valence-corrected chi connectivity index (χ3v) is 2.94. The van der Waals surface area contributed by atoms with Crippen molar-refractivity contribution in [1.82, 2.24) is 0 Å². The molecule has 1 aliphatic rings. The van der Waals surface area contributed by atoms with Gasteiger partial charge in [-0.05, 0) is 30.9 Å². The van der Waals surface area contributed by atoms with E-state index < -0.39 is 17.8 Å². The van der Waals surface area contributed by atoms with Crippen LogP contribution < -0.4 is 5.32 Å². The highest BCUT2D eigenvalue weighted by atomic mass is 35.5. The second-order valence-electron chi connectivity index (χ2n) is 3.89. The van der Waals surface area contributed by atoms with Crippen molar-refractivity contribution in [2.45, 2.75) is 18.9 Å². The van der Waals surface area contributed by atoms with Crippen molar-refractivity contribution >= 4 is 23.3 Å². The van der Waals surface area contributed by atoms with Crippen LogP contribution in [-0.2, 0) is 4.79 Å². The van der Waals surface area contributed by atoms with Crippen LogP contribution in [-0.4, -0.2) is 17.1 Å². The lowest BCUT2D eigenvalue weighted by Gasteiger charge is -2.16. The van der Waals surface area contributed by atoms with Crippen molar-refractivity contribution < 1.29 is 14.3 Å². The van der Waals surface area contributed by atoms with Crippen molar-refractivity contribution in [2.75, 3.05) is 5.32 Å². The molecule has 0 amide bonds. The van der Waals surface area contributed by atoms with Crippen LogP contribution in [0.4, 0.5) is 10.1 Å². The fourth-order valence-corrected chi connectivity index (χ4v) is 1.82. The largest absolute Gasteiger partial charge is 0.480 e. The average molecular weight is 244 g/mol. The van der Waals surface area contributed by atoms with Gasteiger partial charge in [0.1, 0.15) is 11.9 Å². The Labute approximate surface area is 97.2 Å². The molecule has 5 heteroatoms. The molecule has 0 aromatic heterocycles. The smallest absolute Gasteiger partial charge is 0.326 e. The lowest BCUT2D eigenvalue weighted by molar-refractivity contribution is -0.138. The van der Waals surface area contributed by atoms with E-state index in [-0.39, 0.29) is 16.6 Å². The number of hydrogen-bond acceptors (Lipinski definition) is 2. The minimum atomic E-state index is -0.971. The standard InChI is InChI=1S/C11H11ClFNO2/c12-7-2-1-3-8(13)10(7)14-9(11(15)16)6-4-5-6/h1-3,6,9,14H,4-5H2,(H,15,16). The van der Waals surface area contributed by atoms with Gasteiger partial charge < -0.3 is 10.4 Å². The molecule has 1 saturated carbocycles. The van der Waals surface area contributed by atoms with Crippen LogP contribution in [0.25, 0.3) is 0 Å². The van der Waals surface area contributed by atoms with Crippen LogP contribution in [0.2, 0.25) is 5.02 Å². The quantitative estimate of drug-likeness (QED) is 0.855. The van der Waals surface area contributed by atoms with Gasteiger partial charge in [-0.25, -0.2) is 9.18 Å². The van der Waals surface area contributed by atoms with Gasteiger partial charge in [0, 0.05) is 0 Å². The highest BCUT2D eigenvalue weighted by molar-refractivity contribution is 6.33. The minimum Gasteiger partial charge on any atom is -0.480 e. The van der Waals surface area contributed by atoms with Gasteiger partial charge in [0.05, 0.1) is 10.7 Å². The van der Waals surface area contributed by atoms with E-state index in [9.17, 15) is 9.18 Å². The molecule has 1 unspecified atom stereocenters. The lowest BCUT2D eigenvalue weighted by Crippen LogP contribution is -2.31. The van der Waals surface area contributed by atoms with Crippen LogP contribution in [0.1, 0.15) is 12.8 Å². The van der Waals surface area contributed by atoms with Gasteiger partial charge in [-0.3, -0.25) is 0 Å². The van der Waals surface area contributed by atoms with Crippen LogP contribution in [0, 0.1) is 11.7 Å². The normalized spacial score (nSPS) is 16.9. The molecular weight excluding hydrogens is 233 g/mol. The molecule has 1 aliphatic carbocycles. The topological polar surface area (TPSA) is 49.3 Å². The molecule has 2 rings (SSSR count). The Bertz CT molecular complexity index is 400. The molecule has 0 saturated heterocycles. The van der Waals surface area contributed by atoms with Crippen LogP contribution >= 0.6 is 11.6 Å². The number of carbonyl (C=O) groups is 1. The van der Waals surface area contributed by atoms with E-state index in [1.54, 1.807) is 0 Å². The Morgan fingerprint density at radius 1 is 1.56 bits per heavy atom. The number of anilines is 1. The average Bonchev–Trinajstić information content (AvgIpc) is 3.00. The van der Waals surface area contributed by atoms with Crippen molar-refractivity contribution in [3.05, 3.63) is 29.0 Å². The molecule has 0 bridgehead atoms. The Morgan fingerprint density at radius 2 is 2.25 bits per heavy atom. The summed E-state index contributed by atoms with van der Waals surface area (Å²) in [5.74, 6) is -1.42. The predicted octanol–water partition coefficient (Wildman–Crippen LogP) is 2.75. The molecular formula is C11H11ClFNO2. The highest BCUT2D eigenvalue weighted by Crippen LogP contribution is 2.36. The summed E-state index contributed by atoms with van der Waals surface area (Å²) in [5, 5.41) is 11.9. The molecule has 16 heavy (non-hydrogen) atoms. The number of carboxylic acids is 1. The van der Waals surface area contributed by atoms with Gasteiger partial charge in [-0.15, -0.1) is 0 Å². The number of halogens is 2. The second-order valence-corrected chi connectivity index (χ2v) is 4.30. The summed E-state index contributed by atoms with van der Waals surface area (Å²) in [6.07, 6.45) is 1.71. The zero-order valence-electron chi connectivity index (χ0n) is 8.41. The fourth-order valence-electron chi connectivity index (χ4n) is 1.60. The summed E-state index contributed by atoms with van der Waals surface area (Å²) in [6.45, 7) is 0. The van der Waals surface area contributed by atoms with Crippen molar-refractivity contribution in [3.63, 3.8) is 0 Å². The second kappa shape index (κ2) is 4.29. The van der Waals surface area contributed by atoms with E-state index in [0.717, 1.165) is 12.8 Å². The predicted molar refractivity (Wildman–Crippen MR) is 59.2 cm³/mol. The lowest BCUT2D eigenvalue weighted by atomic mass is 10.1. The molecule has 1 aromatic rings. The van der Waals surface area contributed by atoms with E-state index in [2.05, 4.69) is 5.32 Å². The Hall–Kier alpha value is -1.29. The summed E-state index contributed by atoms with van der Waals surface area (Å²) in [4.78, 5) is 11.0. The van der Waals surface area contributed by atoms with Gasteiger partial charge in [-0.2, -0.15) is 0 Å². The van der Waals surface area contributed by atoms with Gasteiger partial charge in [0.2, 0.25) is 0 Å². The molecule has 1 aromatic carbocycles. The number of benzene rings is 1. The molecule has 0 radical (unpaired) electrons. The van der Waals surface area contributed by atoms with E-state index in [4.69, 9.17) is 16.7 Å².